The number of hydrogen-bond donors (Lipinski definition) is 2. The Morgan fingerprint density at radius 3 is 2.25 bits per heavy atom. The van der Waals surface area contributed by atoms with Crippen LogP contribution in [0.2, 0.25) is 0 Å². The number of rotatable bonds is 11. The molecule has 0 spiro atoms. The third kappa shape index (κ3) is 10.2. The molecule has 0 atom stereocenters. The molecule has 1 rings (SSSR count). The summed E-state index contributed by atoms with van der Waals surface area (Å²) in [5, 5.41) is 6.75. The fourth-order valence-electron chi connectivity index (χ4n) is 3.20. The highest BCUT2D eigenvalue weighted by Gasteiger charge is 2.13. The normalized spacial score (nSPS) is 16.1. The third-order valence-electron chi connectivity index (χ3n) is 4.91. The number of aliphatic imine (C=N–C) groups is 1. The predicted octanol–water partition coefficient (Wildman–Crippen LogP) is 0.451. The van der Waals surface area contributed by atoms with Crippen molar-refractivity contribution in [1.29, 1.82) is 0 Å². The zero-order valence-electron chi connectivity index (χ0n) is 18.8. The van der Waals surface area contributed by atoms with E-state index in [-0.39, 0.29) is 12.5 Å². The summed E-state index contributed by atoms with van der Waals surface area (Å²) in [4.78, 5) is 22.8. The Morgan fingerprint density at radius 2 is 1.68 bits per heavy atom. The van der Waals surface area contributed by atoms with Crippen LogP contribution in [0.1, 0.15) is 34.1 Å². The summed E-state index contributed by atoms with van der Waals surface area (Å²) >= 11 is 0. The predicted molar refractivity (Wildman–Crippen MR) is 116 cm³/mol. The van der Waals surface area contributed by atoms with Crippen molar-refractivity contribution in [2.75, 3.05) is 73.1 Å². The molecule has 0 aromatic heterocycles. The number of ether oxygens (including phenoxy) is 1. The highest BCUT2D eigenvalue weighted by atomic mass is 16.5. The molecule has 0 radical (unpaired) electrons. The highest BCUT2D eigenvalue weighted by molar-refractivity contribution is 5.84. The van der Waals surface area contributed by atoms with Crippen molar-refractivity contribution in [2.45, 2.75) is 46.2 Å². The second kappa shape index (κ2) is 13.7. The number of guanidine groups is 1. The van der Waals surface area contributed by atoms with Gasteiger partial charge in [0.15, 0.2) is 5.96 Å². The summed E-state index contributed by atoms with van der Waals surface area (Å²) in [5.41, 5.74) is 0. The Labute approximate surface area is 171 Å². The van der Waals surface area contributed by atoms with Gasteiger partial charge < -0.3 is 20.3 Å². The Hall–Kier alpha value is -1.38. The lowest BCUT2D eigenvalue weighted by Gasteiger charge is -2.30. The van der Waals surface area contributed by atoms with Gasteiger partial charge in [-0.3, -0.25) is 14.6 Å². The van der Waals surface area contributed by atoms with Crippen LogP contribution in [0.4, 0.5) is 0 Å². The average Bonchev–Trinajstić information content (AvgIpc) is 2.65. The van der Waals surface area contributed by atoms with Crippen LogP contribution in [0.25, 0.3) is 0 Å². The molecule has 8 nitrogen and oxygen atoms in total. The maximum atomic E-state index is 11.9. The molecule has 8 heteroatoms. The lowest BCUT2D eigenvalue weighted by atomic mass is 10.2. The standard InChI is InChI=1S/C20H42N6O2/c1-17(2)26(18(3)4)10-7-8-21-20(23-16-19(27)24(5)6)22-9-11-25-12-14-28-15-13-25/h17-18H,7-16H2,1-6H3,(H2,21,22,23). The van der Waals surface area contributed by atoms with Gasteiger partial charge in [-0.25, -0.2) is 4.99 Å². The van der Waals surface area contributed by atoms with Gasteiger partial charge in [0.2, 0.25) is 5.91 Å². The zero-order valence-corrected chi connectivity index (χ0v) is 18.8. The molecule has 0 aliphatic carbocycles. The quantitative estimate of drug-likeness (QED) is 0.299. The first-order chi connectivity index (χ1) is 13.3. The SMILES string of the molecule is CC(C)N(CCCNC(=NCC(=O)N(C)C)NCCN1CCOCC1)C(C)C. The number of amides is 1. The molecular formula is C20H42N6O2. The monoisotopic (exact) mass is 398 g/mol. The van der Waals surface area contributed by atoms with E-state index in [1.54, 1.807) is 19.0 Å². The van der Waals surface area contributed by atoms with Crippen molar-refractivity contribution in [1.82, 2.24) is 25.3 Å². The fourth-order valence-corrected chi connectivity index (χ4v) is 3.20. The van der Waals surface area contributed by atoms with Crippen LogP contribution >= 0.6 is 0 Å². The van der Waals surface area contributed by atoms with E-state index in [9.17, 15) is 4.79 Å². The lowest BCUT2D eigenvalue weighted by Crippen LogP contribution is -2.45. The molecule has 164 valence electrons. The Morgan fingerprint density at radius 1 is 1.07 bits per heavy atom. The van der Waals surface area contributed by atoms with Crippen molar-refractivity contribution >= 4 is 11.9 Å². The van der Waals surface area contributed by atoms with Crippen molar-refractivity contribution in [2.24, 2.45) is 4.99 Å². The average molecular weight is 399 g/mol. The summed E-state index contributed by atoms with van der Waals surface area (Å²) in [5.74, 6) is 0.712. The summed E-state index contributed by atoms with van der Waals surface area (Å²) in [6.07, 6.45) is 1.03. The molecule has 2 N–H and O–H groups in total. The number of likely N-dealkylation sites (N-methyl/N-ethyl adjacent to an activating group) is 1. The lowest BCUT2D eigenvalue weighted by molar-refractivity contribution is -0.127. The first kappa shape index (κ1) is 24.7. The Bertz CT molecular complexity index is 454. The Balaban J connectivity index is 2.45. The molecule has 1 heterocycles. The zero-order chi connectivity index (χ0) is 20.9. The van der Waals surface area contributed by atoms with E-state index in [4.69, 9.17) is 4.74 Å². The summed E-state index contributed by atoms with van der Waals surface area (Å²) in [6.45, 7) is 16.3. The van der Waals surface area contributed by atoms with Crippen LogP contribution < -0.4 is 10.6 Å². The molecule has 1 aliphatic heterocycles. The van der Waals surface area contributed by atoms with Gasteiger partial charge in [-0.1, -0.05) is 0 Å². The molecule has 1 aliphatic rings. The maximum Gasteiger partial charge on any atom is 0.243 e. The van der Waals surface area contributed by atoms with E-state index >= 15 is 0 Å². The van der Waals surface area contributed by atoms with Crippen molar-refractivity contribution in [3.8, 4) is 0 Å². The van der Waals surface area contributed by atoms with E-state index in [0.29, 0.717) is 18.0 Å². The number of hydrogen-bond acceptors (Lipinski definition) is 5. The number of morpholine rings is 1. The molecule has 0 aromatic carbocycles. The summed E-state index contributed by atoms with van der Waals surface area (Å²) < 4.78 is 5.39. The van der Waals surface area contributed by atoms with Crippen molar-refractivity contribution < 1.29 is 9.53 Å². The number of nitrogens with one attached hydrogen (secondary N) is 2. The second-order valence-corrected chi connectivity index (χ2v) is 8.04. The van der Waals surface area contributed by atoms with Crippen LogP contribution in [0.3, 0.4) is 0 Å². The van der Waals surface area contributed by atoms with Crippen LogP contribution in [0.15, 0.2) is 4.99 Å². The van der Waals surface area contributed by atoms with Crippen LogP contribution in [0, 0.1) is 0 Å². The minimum absolute atomic E-state index is 0.0000648. The van der Waals surface area contributed by atoms with E-state index in [1.165, 1.54) is 0 Å². The van der Waals surface area contributed by atoms with Crippen LogP contribution in [0.5, 0.6) is 0 Å². The summed E-state index contributed by atoms with van der Waals surface area (Å²) in [7, 11) is 3.51. The number of carbonyl (C=O) groups is 1. The highest BCUT2D eigenvalue weighted by Crippen LogP contribution is 2.05. The van der Waals surface area contributed by atoms with E-state index in [1.807, 2.05) is 0 Å². The Kier molecular flexibility index (Phi) is 12.1. The minimum Gasteiger partial charge on any atom is -0.379 e. The van der Waals surface area contributed by atoms with E-state index in [0.717, 1.165) is 58.9 Å². The number of carbonyl (C=O) groups excluding carboxylic acids is 1. The van der Waals surface area contributed by atoms with Gasteiger partial charge >= 0.3 is 0 Å². The van der Waals surface area contributed by atoms with Gasteiger partial charge in [0.05, 0.1) is 13.2 Å². The van der Waals surface area contributed by atoms with Gasteiger partial charge in [-0.15, -0.1) is 0 Å². The topological polar surface area (TPSA) is 72.4 Å². The minimum atomic E-state index is 0.0000648. The number of nitrogens with zero attached hydrogens (tertiary/aromatic N) is 4. The van der Waals surface area contributed by atoms with E-state index < -0.39 is 0 Å². The molecule has 0 bridgehead atoms. The van der Waals surface area contributed by atoms with Gasteiger partial charge in [-0.05, 0) is 34.1 Å². The van der Waals surface area contributed by atoms with Gasteiger partial charge in [-0.2, -0.15) is 0 Å². The smallest absolute Gasteiger partial charge is 0.243 e. The van der Waals surface area contributed by atoms with Crippen LogP contribution in [-0.2, 0) is 9.53 Å². The largest absolute Gasteiger partial charge is 0.379 e. The molecule has 0 saturated carbocycles. The van der Waals surface area contributed by atoms with Crippen LogP contribution in [-0.4, -0.2) is 112 Å². The summed E-state index contributed by atoms with van der Waals surface area (Å²) in [6, 6.07) is 1.08. The molecule has 1 saturated heterocycles. The fraction of sp³-hybridized carbons (Fsp3) is 0.900. The van der Waals surface area contributed by atoms with E-state index in [2.05, 4.69) is 53.1 Å². The first-order valence-electron chi connectivity index (χ1n) is 10.6. The molecular weight excluding hydrogens is 356 g/mol. The molecule has 0 unspecified atom stereocenters. The molecule has 1 fully saturated rings. The molecule has 28 heavy (non-hydrogen) atoms. The van der Waals surface area contributed by atoms with Crippen molar-refractivity contribution in [3.05, 3.63) is 0 Å². The second-order valence-electron chi connectivity index (χ2n) is 8.04. The van der Waals surface area contributed by atoms with Crippen molar-refractivity contribution in [3.63, 3.8) is 0 Å². The van der Waals surface area contributed by atoms with Gasteiger partial charge in [0.25, 0.3) is 0 Å². The molecule has 1 amide bonds. The maximum absolute atomic E-state index is 11.9. The van der Waals surface area contributed by atoms with Gasteiger partial charge in [0, 0.05) is 65.4 Å². The van der Waals surface area contributed by atoms with Gasteiger partial charge in [0.1, 0.15) is 6.54 Å². The third-order valence-corrected chi connectivity index (χ3v) is 4.91. The molecule has 0 aromatic rings. The first-order valence-corrected chi connectivity index (χ1v) is 10.6.